The molecule has 0 unspecified atom stereocenters. The molecular formula is C9H7AsN4O3. The molecule has 0 aliphatic heterocycles. The molecule has 0 aromatic heterocycles. The fraction of sp³-hybridized carbons (Fsp3) is 0. The number of benzene rings is 1. The second kappa shape index (κ2) is 5.33. The Hall–Kier alpha value is -2.05. The van der Waals surface area contributed by atoms with Gasteiger partial charge in [-0.15, -0.1) is 0 Å². The Morgan fingerprint density at radius 2 is 1.76 bits per heavy atom. The molecule has 0 atom stereocenters. The molecule has 0 fully saturated rings. The van der Waals surface area contributed by atoms with Crippen LogP contribution in [-0.2, 0) is 3.74 Å². The second-order valence-corrected chi connectivity index (χ2v) is 6.25. The zero-order valence-electron chi connectivity index (χ0n) is 8.40. The number of hydrazone groups is 1. The molecule has 0 aliphatic carbocycles. The van der Waals surface area contributed by atoms with Crippen LogP contribution in [0.1, 0.15) is 0 Å². The first-order chi connectivity index (χ1) is 7.97. The summed E-state index contributed by atoms with van der Waals surface area (Å²) < 4.78 is 28.7. The number of anilines is 1. The van der Waals surface area contributed by atoms with Gasteiger partial charge >= 0.3 is 99.3 Å². The van der Waals surface area contributed by atoms with E-state index < -0.39 is 14.2 Å². The third-order valence-electron chi connectivity index (χ3n) is 1.71. The molecule has 0 amide bonds. The van der Waals surface area contributed by atoms with Gasteiger partial charge in [0.2, 0.25) is 0 Å². The summed E-state index contributed by atoms with van der Waals surface area (Å²) in [5, 5.41) is 20.3. The molecule has 1 aromatic carbocycles. The Balaban J connectivity index is 2.85. The number of nitrogens with one attached hydrogen (secondary N) is 1. The minimum atomic E-state index is -4.86. The van der Waals surface area contributed by atoms with Crippen LogP contribution in [0.4, 0.5) is 5.69 Å². The molecular weight excluding hydrogens is 287 g/mol. The normalized spacial score (nSPS) is 9.88. The van der Waals surface area contributed by atoms with Crippen LogP contribution in [0.15, 0.2) is 29.4 Å². The molecule has 3 N–H and O–H groups in total. The maximum atomic E-state index is 10.9. The zero-order valence-corrected chi connectivity index (χ0v) is 10.3. The van der Waals surface area contributed by atoms with Crippen LogP contribution in [0.25, 0.3) is 0 Å². The predicted octanol–water partition coefficient (Wildman–Crippen LogP) is -0.937. The molecule has 0 bridgehead atoms. The van der Waals surface area contributed by atoms with Gasteiger partial charge in [0.15, 0.2) is 0 Å². The molecule has 0 spiro atoms. The van der Waals surface area contributed by atoms with Gasteiger partial charge in [-0.1, -0.05) is 0 Å². The van der Waals surface area contributed by atoms with Crippen LogP contribution in [0.3, 0.4) is 0 Å². The van der Waals surface area contributed by atoms with Gasteiger partial charge in [-0.2, -0.15) is 0 Å². The van der Waals surface area contributed by atoms with Crippen molar-refractivity contribution in [3.8, 4) is 12.1 Å². The molecule has 1 rings (SSSR count). The minimum absolute atomic E-state index is 0.0570. The van der Waals surface area contributed by atoms with Gasteiger partial charge in [0.1, 0.15) is 0 Å². The van der Waals surface area contributed by atoms with Crippen molar-refractivity contribution in [2.45, 2.75) is 0 Å². The van der Waals surface area contributed by atoms with Gasteiger partial charge in [0, 0.05) is 0 Å². The van der Waals surface area contributed by atoms with Crippen LogP contribution in [-0.4, -0.2) is 28.1 Å². The van der Waals surface area contributed by atoms with E-state index in [0.29, 0.717) is 5.69 Å². The molecule has 0 heterocycles. The Bertz CT molecular complexity index is 545. The van der Waals surface area contributed by atoms with Gasteiger partial charge in [0.05, 0.1) is 0 Å². The van der Waals surface area contributed by atoms with E-state index in [1.807, 2.05) is 0 Å². The zero-order chi connectivity index (χ0) is 12.9. The first kappa shape index (κ1) is 13.0. The van der Waals surface area contributed by atoms with Crippen molar-refractivity contribution in [3.05, 3.63) is 24.3 Å². The first-order valence-corrected chi connectivity index (χ1v) is 7.65. The molecule has 86 valence electrons. The van der Waals surface area contributed by atoms with E-state index in [1.165, 1.54) is 24.3 Å². The summed E-state index contributed by atoms with van der Waals surface area (Å²) in [6.07, 6.45) is 0. The van der Waals surface area contributed by atoms with Crippen molar-refractivity contribution in [2.75, 3.05) is 5.43 Å². The molecule has 0 radical (unpaired) electrons. The molecule has 7 nitrogen and oxygen atoms in total. The van der Waals surface area contributed by atoms with Gasteiger partial charge < -0.3 is 0 Å². The van der Waals surface area contributed by atoms with Gasteiger partial charge in [-0.25, -0.2) is 0 Å². The number of hydrogen-bond donors (Lipinski definition) is 3. The average Bonchev–Trinajstić information content (AvgIpc) is 2.30. The molecule has 8 heteroatoms. The predicted molar refractivity (Wildman–Crippen MR) is 59.2 cm³/mol. The van der Waals surface area contributed by atoms with Crippen molar-refractivity contribution in [3.63, 3.8) is 0 Å². The van der Waals surface area contributed by atoms with Gasteiger partial charge in [-0.05, 0) is 0 Å². The number of rotatable bonds is 3. The van der Waals surface area contributed by atoms with Crippen LogP contribution in [0, 0.1) is 22.7 Å². The quantitative estimate of drug-likeness (QED) is 0.375. The Kier molecular flexibility index (Phi) is 4.08. The summed E-state index contributed by atoms with van der Waals surface area (Å²) in [5.74, 6) is 0. The van der Waals surface area contributed by atoms with Crippen molar-refractivity contribution in [2.24, 2.45) is 5.10 Å². The monoisotopic (exact) mass is 294 g/mol. The maximum absolute atomic E-state index is 10.9. The Morgan fingerprint density at radius 3 is 2.18 bits per heavy atom. The van der Waals surface area contributed by atoms with E-state index in [-0.39, 0.29) is 10.1 Å². The van der Waals surface area contributed by atoms with Crippen LogP contribution in [0.2, 0.25) is 0 Å². The summed E-state index contributed by atoms with van der Waals surface area (Å²) in [4.78, 5) is 0. The van der Waals surface area contributed by atoms with E-state index in [0.717, 1.165) is 0 Å². The summed E-state index contributed by atoms with van der Waals surface area (Å²) >= 11 is -4.86. The standard InChI is InChI=1S/C9H7AsN4O3/c11-5-9(6-12)14-13-8-3-1-7(2-4-8)10(15,16)17/h1-4,13H,(H2,15,16,17). The molecule has 1 aromatic rings. The van der Waals surface area contributed by atoms with Crippen LogP contribution in [0.5, 0.6) is 0 Å². The van der Waals surface area contributed by atoms with Crippen molar-refractivity contribution < 1.29 is 11.9 Å². The average molecular weight is 294 g/mol. The van der Waals surface area contributed by atoms with Gasteiger partial charge in [0.25, 0.3) is 0 Å². The molecule has 0 saturated carbocycles. The number of hydrogen-bond acceptors (Lipinski definition) is 5. The molecule has 0 aliphatic rings. The number of nitriles is 2. The van der Waals surface area contributed by atoms with Gasteiger partial charge in [-0.3, -0.25) is 0 Å². The van der Waals surface area contributed by atoms with E-state index >= 15 is 0 Å². The van der Waals surface area contributed by atoms with Crippen LogP contribution < -0.4 is 9.78 Å². The Morgan fingerprint density at radius 1 is 1.24 bits per heavy atom. The summed E-state index contributed by atoms with van der Waals surface area (Å²) in [6.45, 7) is 0. The SMILES string of the molecule is N#CC(C#N)=NNc1ccc([As](=O)(O)O)cc1. The van der Waals surface area contributed by atoms with Crippen molar-refractivity contribution >= 4 is 29.9 Å². The summed E-state index contributed by atoms with van der Waals surface area (Å²) in [5.41, 5.74) is 2.50. The third-order valence-corrected chi connectivity index (χ3v) is 3.75. The Labute approximate surface area is 99.6 Å². The first-order valence-electron chi connectivity index (χ1n) is 4.27. The molecule has 0 saturated heterocycles. The van der Waals surface area contributed by atoms with E-state index in [9.17, 15) is 3.74 Å². The number of nitrogens with zero attached hydrogens (tertiary/aromatic N) is 3. The fourth-order valence-electron chi connectivity index (χ4n) is 0.926. The fourth-order valence-corrected chi connectivity index (χ4v) is 2.05. The summed E-state index contributed by atoms with van der Waals surface area (Å²) in [6, 6.07) is 8.43. The molecule has 17 heavy (non-hydrogen) atoms. The van der Waals surface area contributed by atoms with E-state index in [1.54, 1.807) is 12.1 Å². The van der Waals surface area contributed by atoms with E-state index in [4.69, 9.17) is 18.7 Å². The summed E-state index contributed by atoms with van der Waals surface area (Å²) in [7, 11) is 0. The third kappa shape index (κ3) is 3.78. The topological polar surface area (TPSA) is 130 Å². The second-order valence-electron chi connectivity index (χ2n) is 2.89. The van der Waals surface area contributed by atoms with Crippen molar-refractivity contribution in [1.82, 2.24) is 0 Å². The van der Waals surface area contributed by atoms with Crippen molar-refractivity contribution in [1.29, 1.82) is 10.5 Å². The van der Waals surface area contributed by atoms with Crippen LogP contribution >= 0.6 is 0 Å². The van der Waals surface area contributed by atoms with E-state index in [2.05, 4.69) is 10.5 Å².